The molecule has 3 rings (SSSR count). The highest BCUT2D eigenvalue weighted by molar-refractivity contribution is 9.11. The fraction of sp³-hybridized carbons (Fsp3) is 0.500. The van der Waals surface area contributed by atoms with E-state index in [4.69, 9.17) is 4.74 Å². The van der Waals surface area contributed by atoms with Gasteiger partial charge in [-0.05, 0) is 28.1 Å². The molecule has 1 fully saturated rings. The first-order valence-electron chi connectivity index (χ1n) is 5.56. The van der Waals surface area contributed by atoms with Gasteiger partial charge >= 0.3 is 0 Å². The van der Waals surface area contributed by atoms with Gasteiger partial charge in [0, 0.05) is 34.9 Å². The predicted octanol–water partition coefficient (Wildman–Crippen LogP) is 2.43. The summed E-state index contributed by atoms with van der Waals surface area (Å²) >= 11 is 6.94. The largest absolute Gasteiger partial charge is 0.488 e. The first-order valence-corrected chi connectivity index (χ1v) is 7.15. The minimum Gasteiger partial charge on any atom is -0.488 e. The second-order valence-electron chi connectivity index (χ2n) is 4.64. The topological polar surface area (TPSA) is 49.7 Å². The summed E-state index contributed by atoms with van der Waals surface area (Å²) in [6.45, 7) is -0.00470. The quantitative estimate of drug-likeness (QED) is 0.805. The highest BCUT2D eigenvalue weighted by Crippen LogP contribution is 2.53. The smallest absolute Gasteiger partial charge is 0.137 e. The molecule has 1 heterocycles. The van der Waals surface area contributed by atoms with Crippen LogP contribution in [-0.4, -0.2) is 29.0 Å². The third-order valence-corrected chi connectivity index (χ3v) is 4.75. The monoisotopic (exact) mass is 362 g/mol. The minimum absolute atomic E-state index is 0.00470. The zero-order valence-corrected chi connectivity index (χ0v) is 12.1. The van der Waals surface area contributed by atoms with Crippen molar-refractivity contribution in [2.75, 3.05) is 6.61 Å². The van der Waals surface area contributed by atoms with Gasteiger partial charge in [0.15, 0.2) is 0 Å². The molecule has 0 amide bonds. The summed E-state index contributed by atoms with van der Waals surface area (Å²) in [5.74, 6) is 0.829. The Morgan fingerprint density at radius 3 is 2.82 bits per heavy atom. The second-order valence-corrected chi connectivity index (χ2v) is 6.41. The van der Waals surface area contributed by atoms with E-state index in [1.165, 1.54) is 0 Å². The van der Waals surface area contributed by atoms with Crippen molar-refractivity contribution in [2.24, 2.45) is 5.92 Å². The molecular weight excluding hydrogens is 352 g/mol. The van der Waals surface area contributed by atoms with Crippen molar-refractivity contribution < 1.29 is 14.9 Å². The summed E-state index contributed by atoms with van der Waals surface area (Å²) in [6, 6.07) is 3.97. The third kappa shape index (κ3) is 1.75. The van der Waals surface area contributed by atoms with E-state index >= 15 is 0 Å². The Kier molecular flexibility index (Phi) is 2.97. The van der Waals surface area contributed by atoms with Crippen molar-refractivity contribution in [3.63, 3.8) is 0 Å². The van der Waals surface area contributed by atoms with Crippen LogP contribution in [0.5, 0.6) is 5.75 Å². The van der Waals surface area contributed by atoms with E-state index in [-0.39, 0.29) is 24.5 Å². The molecule has 0 spiro atoms. The highest BCUT2D eigenvalue weighted by Gasteiger charge is 2.49. The lowest BCUT2D eigenvalue weighted by Crippen LogP contribution is -2.22. The first kappa shape index (κ1) is 12.0. The number of fused-ring (bicyclic) bond motifs is 3. The Labute approximate surface area is 116 Å². The van der Waals surface area contributed by atoms with Gasteiger partial charge in [0.05, 0.1) is 10.6 Å². The van der Waals surface area contributed by atoms with Gasteiger partial charge in [-0.2, -0.15) is 0 Å². The van der Waals surface area contributed by atoms with E-state index < -0.39 is 6.10 Å². The molecule has 0 unspecified atom stereocenters. The number of aliphatic hydroxyl groups is 2. The zero-order valence-electron chi connectivity index (χ0n) is 8.94. The normalized spacial score (nSPS) is 34.4. The van der Waals surface area contributed by atoms with Gasteiger partial charge < -0.3 is 14.9 Å². The molecule has 0 bridgehead atoms. The molecule has 0 saturated heterocycles. The molecule has 5 heteroatoms. The number of hydrogen-bond donors (Lipinski definition) is 2. The number of ether oxygens (including phenoxy) is 1. The summed E-state index contributed by atoms with van der Waals surface area (Å²) in [7, 11) is 0. The lowest BCUT2D eigenvalue weighted by atomic mass is 9.89. The Balaban J connectivity index is 2.08. The number of rotatable bonds is 1. The number of benzene rings is 1. The summed E-state index contributed by atoms with van der Waals surface area (Å²) in [5.41, 5.74) is 1.08. The van der Waals surface area contributed by atoms with Crippen LogP contribution in [0.2, 0.25) is 0 Å². The van der Waals surface area contributed by atoms with Crippen LogP contribution in [0.1, 0.15) is 17.9 Å². The highest BCUT2D eigenvalue weighted by atomic mass is 79.9. The summed E-state index contributed by atoms with van der Waals surface area (Å²) < 4.78 is 7.78. The van der Waals surface area contributed by atoms with Gasteiger partial charge in [0.1, 0.15) is 11.9 Å². The molecule has 1 aliphatic heterocycles. The van der Waals surface area contributed by atoms with E-state index in [9.17, 15) is 10.2 Å². The zero-order chi connectivity index (χ0) is 12.2. The van der Waals surface area contributed by atoms with E-state index in [2.05, 4.69) is 31.9 Å². The summed E-state index contributed by atoms with van der Waals surface area (Å²) in [5, 5.41) is 19.3. The van der Waals surface area contributed by atoms with Crippen LogP contribution in [-0.2, 0) is 0 Å². The maximum atomic E-state index is 9.90. The van der Waals surface area contributed by atoms with Crippen molar-refractivity contribution >= 4 is 31.9 Å². The maximum absolute atomic E-state index is 9.90. The van der Waals surface area contributed by atoms with Crippen LogP contribution in [0, 0.1) is 5.92 Å². The number of halogens is 2. The molecule has 1 aliphatic carbocycles. The molecule has 2 N–H and O–H groups in total. The molecule has 92 valence electrons. The molecular formula is C12H12Br2O3. The second kappa shape index (κ2) is 4.23. The summed E-state index contributed by atoms with van der Waals surface area (Å²) in [6.07, 6.45) is 0.109. The van der Waals surface area contributed by atoms with Crippen molar-refractivity contribution in [1.82, 2.24) is 0 Å². The fourth-order valence-electron chi connectivity index (χ4n) is 2.97. The number of aliphatic hydroxyl groups excluding tert-OH is 2. The van der Waals surface area contributed by atoms with Gasteiger partial charge in [-0.1, -0.05) is 15.9 Å². The average Bonchev–Trinajstić information content (AvgIpc) is 2.74. The van der Waals surface area contributed by atoms with E-state index in [0.717, 1.165) is 20.3 Å². The Bertz CT molecular complexity index is 463. The van der Waals surface area contributed by atoms with Gasteiger partial charge in [0.25, 0.3) is 0 Å². The van der Waals surface area contributed by atoms with Gasteiger partial charge in [-0.15, -0.1) is 0 Å². The van der Waals surface area contributed by atoms with Crippen LogP contribution in [0.4, 0.5) is 0 Å². The van der Waals surface area contributed by atoms with Crippen molar-refractivity contribution in [2.45, 2.75) is 24.5 Å². The fourth-order valence-corrected chi connectivity index (χ4v) is 4.32. The Morgan fingerprint density at radius 2 is 2.12 bits per heavy atom. The standard InChI is InChI=1S/C12H12Br2O3/c13-5-1-6-11-7(4-15)9(16)3-10(11)17-12(6)8(14)2-5/h1-2,7,9-11,15-16H,3-4H2/t7-,9+,10-,11+/m0/s1. The lowest BCUT2D eigenvalue weighted by Gasteiger charge is -2.17. The maximum Gasteiger partial charge on any atom is 0.137 e. The van der Waals surface area contributed by atoms with Gasteiger partial charge in [-0.3, -0.25) is 0 Å². The van der Waals surface area contributed by atoms with E-state index in [1.807, 2.05) is 12.1 Å². The molecule has 17 heavy (non-hydrogen) atoms. The number of hydrogen-bond acceptors (Lipinski definition) is 3. The first-order chi connectivity index (χ1) is 8.11. The van der Waals surface area contributed by atoms with Gasteiger partial charge in [0.2, 0.25) is 0 Å². The minimum atomic E-state index is -0.471. The molecule has 4 atom stereocenters. The Morgan fingerprint density at radius 1 is 1.35 bits per heavy atom. The lowest BCUT2D eigenvalue weighted by molar-refractivity contribution is 0.0832. The molecule has 1 aromatic rings. The van der Waals surface area contributed by atoms with Crippen molar-refractivity contribution in [3.05, 3.63) is 26.6 Å². The van der Waals surface area contributed by atoms with Gasteiger partial charge in [-0.25, -0.2) is 0 Å². The molecule has 0 aromatic heterocycles. The SMILES string of the molecule is OC[C@@H]1[C@H]2c3cc(Br)cc(Br)c3O[C@H]2C[C@H]1O. The van der Waals surface area contributed by atoms with E-state index in [1.54, 1.807) is 0 Å². The predicted molar refractivity (Wildman–Crippen MR) is 70.2 cm³/mol. The van der Waals surface area contributed by atoms with Crippen LogP contribution in [0.25, 0.3) is 0 Å². The molecule has 3 nitrogen and oxygen atoms in total. The van der Waals surface area contributed by atoms with Crippen molar-refractivity contribution in [3.8, 4) is 5.75 Å². The average molecular weight is 364 g/mol. The van der Waals surface area contributed by atoms with Crippen molar-refractivity contribution in [1.29, 1.82) is 0 Å². The van der Waals surface area contributed by atoms with Crippen LogP contribution in [0.3, 0.4) is 0 Å². The van der Waals surface area contributed by atoms with Crippen LogP contribution >= 0.6 is 31.9 Å². The summed E-state index contributed by atoms with van der Waals surface area (Å²) in [4.78, 5) is 0. The molecule has 2 aliphatic rings. The van der Waals surface area contributed by atoms with Crippen LogP contribution < -0.4 is 4.74 Å². The Hall–Kier alpha value is -0.100. The molecule has 0 radical (unpaired) electrons. The van der Waals surface area contributed by atoms with Crippen LogP contribution in [0.15, 0.2) is 21.1 Å². The molecule has 1 saturated carbocycles. The molecule has 1 aromatic carbocycles. The third-order valence-electron chi connectivity index (χ3n) is 3.71. The van der Waals surface area contributed by atoms with E-state index in [0.29, 0.717) is 6.42 Å².